The van der Waals surface area contributed by atoms with Gasteiger partial charge in [-0.1, -0.05) is 12.1 Å². The zero-order valence-corrected chi connectivity index (χ0v) is 14.1. The summed E-state index contributed by atoms with van der Waals surface area (Å²) < 4.78 is 5.54. The minimum atomic E-state index is -0.400. The molecule has 0 saturated carbocycles. The van der Waals surface area contributed by atoms with Crippen LogP contribution in [0.1, 0.15) is 12.6 Å². The highest BCUT2D eigenvalue weighted by Gasteiger charge is 2.26. The number of nitro groups is 1. The molecular formula is C16H19N3O4S. The largest absolute Gasteiger partial charge is 0.394 e. The van der Waals surface area contributed by atoms with E-state index in [9.17, 15) is 15.2 Å². The second-order valence-corrected chi connectivity index (χ2v) is 6.73. The van der Waals surface area contributed by atoms with Crippen LogP contribution in [0.5, 0.6) is 0 Å². The molecule has 8 heteroatoms. The molecule has 0 radical (unpaired) electrons. The zero-order chi connectivity index (χ0) is 17.1. The van der Waals surface area contributed by atoms with Crippen molar-refractivity contribution < 1.29 is 14.8 Å². The predicted molar refractivity (Wildman–Crippen MR) is 90.9 cm³/mol. The first-order chi connectivity index (χ1) is 11.6. The van der Waals surface area contributed by atoms with Crippen molar-refractivity contribution in [2.45, 2.75) is 25.6 Å². The molecule has 1 fully saturated rings. The van der Waals surface area contributed by atoms with E-state index in [0.717, 1.165) is 16.3 Å². The van der Waals surface area contributed by atoms with Crippen molar-refractivity contribution in [3.63, 3.8) is 0 Å². The van der Waals surface area contributed by atoms with Crippen molar-refractivity contribution in [3.05, 3.63) is 45.5 Å². The van der Waals surface area contributed by atoms with E-state index in [4.69, 9.17) is 4.74 Å². The molecule has 3 rings (SSSR count). The van der Waals surface area contributed by atoms with Crippen LogP contribution in [-0.4, -0.2) is 51.8 Å². The Kier molecular flexibility index (Phi) is 5.20. The number of benzene rings is 1. The second-order valence-electron chi connectivity index (χ2n) is 5.87. The fraction of sp³-hybridized carbons (Fsp3) is 0.438. The number of nitro benzene ring substituents is 1. The number of aliphatic hydroxyl groups is 1. The first kappa shape index (κ1) is 17.0. The highest BCUT2D eigenvalue weighted by Crippen LogP contribution is 2.27. The average Bonchev–Trinajstić information content (AvgIpc) is 3.05. The molecule has 0 amide bonds. The number of morpholine rings is 1. The molecule has 0 aliphatic carbocycles. The molecule has 2 aromatic rings. The molecule has 1 aromatic carbocycles. The van der Waals surface area contributed by atoms with Crippen LogP contribution in [0, 0.1) is 10.1 Å². The number of thiazole rings is 1. The second kappa shape index (κ2) is 7.35. The molecule has 1 N–H and O–H groups in total. The van der Waals surface area contributed by atoms with Crippen LogP contribution in [-0.2, 0) is 11.3 Å². The number of hydrogen-bond donors (Lipinski definition) is 1. The van der Waals surface area contributed by atoms with Crippen LogP contribution < -0.4 is 0 Å². The summed E-state index contributed by atoms with van der Waals surface area (Å²) in [5.41, 5.74) is 1.74. The van der Waals surface area contributed by atoms with Crippen molar-refractivity contribution in [2.24, 2.45) is 0 Å². The molecule has 0 unspecified atom stereocenters. The van der Waals surface area contributed by atoms with Crippen LogP contribution in [0.15, 0.2) is 29.6 Å². The van der Waals surface area contributed by atoms with Crippen molar-refractivity contribution in [1.29, 1.82) is 0 Å². The summed E-state index contributed by atoms with van der Waals surface area (Å²) in [5, 5.41) is 22.9. The first-order valence-electron chi connectivity index (χ1n) is 7.72. The van der Waals surface area contributed by atoms with Gasteiger partial charge in [-0.3, -0.25) is 15.0 Å². The van der Waals surface area contributed by atoms with Crippen molar-refractivity contribution in [3.8, 4) is 10.6 Å². The Balaban J connectivity index is 1.73. The molecule has 1 aliphatic heterocycles. The van der Waals surface area contributed by atoms with Gasteiger partial charge in [0.15, 0.2) is 0 Å². The van der Waals surface area contributed by atoms with Gasteiger partial charge in [-0.15, -0.1) is 11.3 Å². The molecule has 1 aliphatic rings. The van der Waals surface area contributed by atoms with Gasteiger partial charge in [-0.2, -0.15) is 0 Å². The highest BCUT2D eigenvalue weighted by atomic mass is 32.1. The van der Waals surface area contributed by atoms with Crippen LogP contribution in [0.3, 0.4) is 0 Å². The van der Waals surface area contributed by atoms with Gasteiger partial charge in [0.1, 0.15) is 5.01 Å². The summed E-state index contributed by atoms with van der Waals surface area (Å²) in [6, 6.07) is 6.78. The lowest BCUT2D eigenvalue weighted by Gasteiger charge is -2.36. The van der Waals surface area contributed by atoms with Crippen LogP contribution in [0.25, 0.3) is 10.6 Å². The van der Waals surface area contributed by atoms with Gasteiger partial charge in [-0.25, -0.2) is 4.98 Å². The first-order valence-corrected chi connectivity index (χ1v) is 8.60. The van der Waals surface area contributed by atoms with Crippen molar-refractivity contribution in [2.75, 3.05) is 19.8 Å². The lowest BCUT2D eigenvalue weighted by atomic mass is 10.2. The standard InChI is InChI=1S/C16H19N3O4S/c1-11-9-23-15(8-20)7-18(11)6-13-10-24-16(17-13)12-3-2-4-14(5-12)19(21)22/h2-5,10-11,15,20H,6-9H2,1H3/t11-,15+/m1/s1. The number of ether oxygens (including phenoxy) is 1. The Morgan fingerprint density at radius 1 is 1.54 bits per heavy atom. The van der Waals surface area contributed by atoms with E-state index >= 15 is 0 Å². The lowest BCUT2D eigenvalue weighted by Crippen LogP contribution is -2.48. The summed E-state index contributed by atoms with van der Waals surface area (Å²) >= 11 is 1.48. The number of aromatic nitrogens is 1. The molecule has 24 heavy (non-hydrogen) atoms. The molecule has 1 aromatic heterocycles. The molecule has 7 nitrogen and oxygen atoms in total. The third kappa shape index (κ3) is 3.78. The van der Waals surface area contributed by atoms with Gasteiger partial charge in [-0.05, 0) is 6.92 Å². The summed E-state index contributed by atoms with van der Waals surface area (Å²) in [6.07, 6.45) is -0.156. The summed E-state index contributed by atoms with van der Waals surface area (Å²) in [7, 11) is 0. The average molecular weight is 349 g/mol. The van der Waals surface area contributed by atoms with E-state index < -0.39 is 4.92 Å². The Morgan fingerprint density at radius 3 is 3.12 bits per heavy atom. The van der Waals surface area contributed by atoms with Crippen molar-refractivity contribution in [1.82, 2.24) is 9.88 Å². The zero-order valence-electron chi connectivity index (χ0n) is 13.3. The lowest BCUT2D eigenvalue weighted by molar-refractivity contribution is -0.384. The van der Waals surface area contributed by atoms with E-state index in [2.05, 4.69) is 16.8 Å². The fourth-order valence-corrected chi connectivity index (χ4v) is 3.49. The third-order valence-electron chi connectivity index (χ3n) is 4.06. The Morgan fingerprint density at radius 2 is 2.38 bits per heavy atom. The Hall–Kier alpha value is -1.87. The fourth-order valence-electron chi connectivity index (χ4n) is 2.68. The molecule has 128 valence electrons. The molecule has 1 saturated heterocycles. The van der Waals surface area contributed by atoms with Gasteiger partial charge in [0.25, 0.3) is 5.69 Å². The SMILES string of the molecule is C[C@@H]1CO[C@H](CO)CN1Cc1csc(-c2cccc([N+](=O)[O-])c2)n1. The van der Waals surface area contributed by atoms with Crippen LogP contribution in [0.4, 0.5) is 5.69 Å². The van der Waals surface area contributed by atoms with E-state index in [0.29, 0.717) is 19.7 Å². The maximum absolute atomic E-state index is 10.9. The molecule has 0 spiro atoms. The summed E-state index contributed by atoms with van der Waals surface area (Å²) in [5.74, 6) is 0. The maximum Gasteiger partial charge on any atom is 0.270 e. The maximum atomic E-state index is 10.9. The van der Waals surface area contributed by atoms with Crippen LogP contribution in [0.2, 0.25) is 0 Å². The molecule has 2 atom stereocenters. The number of nitrogens with zero attached hydrogens (tertiary/aromatic N) is 3. The van der Waals surface area contributed by atoms with E-state index in [1.54, 1.807) is 12.1 Å². The minimum Gasteiger partial charge on any atom is -0.394 e. The topological polar surface area (TPSA) is 88.7 Å². The quantitative estimate of drug-likeness (QED) is 0.658. The normalized spacial score (nSPS) is 21.8. The number of aliphatic hydroxyl groups excluding tert-OH is 1. The highest BCUT2D eigenvalue weighted by molar-refractivity contribution is 7.13. The number of rotatable bonds is 5. The van der Waals surface area contributed by atoms with Gasteiger partial charge >= 0.3 is 0 Å². The van der Waals surface area contributed by atoms with Crippen LogP contribution >= 0.6 is 11.3 Å². The van der Waals surface area contributed by atoms with Gasteiger partial charge in [0, 0.05) is 42.2 Å². The number of non-ortho nitro benzene ring substituents is 1. The number of hydrogen-bond acceptors (Lipinski definition) is 7. The predicted octanol–water partition coefficient (Wildman–Crippen LogP) is 2.30. The van der Waals surface area contributed by atoms with Gasteiger partial charge in [0.2, 0.25) is 0 Å². The van der Waals surface area contributed by atoms with Crippen molar-refractivity contribution >= 4 is 17.0 Å². The Labute approximate surface area is 143 Å². The van der Waals surface area contributed by atoms with Gasteiger partial charge < -0.3 is 9.84 Å². The van der Waals surface area contributed by atoms with E-state index in [1.165, 1.54) is 17.4 Å². The minimum absolute atomic E-state index is 0.0131. The molecule has 2 heterocycles. The van der Waals surface area contributed by atoms with Gasteiger partial charge in [0.05, 0.1) is 29.9 Å². The monoisotopic (exact) mass is 349 g/mol. The Bertz CT molecular complexity index is 721. The summed E-state index contributed by atoms with van der Waals surface area (Å²) in [4.78, 5) is 17.3. The summed E-state index contributed by atoms with van der Waals surface area (Å²) in [6.45, 7) is 4.03. The van der Waals surface area contributed by atoms with E-state index in [-0.39, 0.29) is 24.4 Å². The molecule has 0 bridgehead atoms. The smallest absolute Gasteiger partial charge is 0.270 e. The third-order valence-corrected chi connectivity index (χ3v) is 5.00. The van der Waals surface area contributed by atoms with E-state index in [1.807, 2.05) is 11.4 Å². The molecular weight excluding hydrogens is 330 g/mol.